The van der Waals surface area contributed by atoms with Crippen molar-refractivity contribution in [1.82, 2.24) is 0 Å². The lowest BCUT2D eigenvalue weighted by atomic mass is 10.1. The Balaban J connectivity index is 2.13. The second-order valence-corrected chi connectivity index (χ2v) is 6.20. The minimum Gasteiger partial charge on any atom is -0.398 e. The van der Waals surface area contributed by atoms with Crippen molar-refractivity contribution < 1.29 is 4.21 Å². The van der Waals surface area contributed by atoms with Crippen LogP contribution in [0.5, 0.6) is 0 Å². The fraction of sp³-hybridized carbons (Fsp3) is 0.200. The molecule has 0 aliphatic heterocycles. The van der Waals surface area contributed by atoms with E-state index in [1.807, 2.05) is 12.1 Å². The summed E-state index contributed by atoms with van der Waals surface area (Å²) in [6.45, 7) is 2.11. The fourth-order valence-corrected chi connectivity index (χ4v) is 3.13. The Morgan fingerprint density at radius 1 is 1.11 bits per heavy atom. The zero-order valence-corrected chi connectivity index (χ0v) is 12.3. The van der Waals surface area contributed by atoms with E-state index < -0.39 is 10.8 Å². The maximum atomic E-state index is 12.2. The van der Waals surface area contributed by atoms with Crippen LogP contribution in [-0.2, 0) is 23.0 Å². The van der Waals surface area contributed by atoms with Gasteiger partial charge in [-0.25, -0.2) is 0 Å². The van der Waals surface area contributed by atoms with Crippen LogP contribution in [0.3, 0.4) is 0 Å². The first kappa shape index (κ1) is 14.1. The van der Waals surface area contributed by atoms with E-state index in [1.54, 1.807) is 18.2 Å². The highest BCUT2D eigenvalue weighted by atomic mass is 35.5. The lowest BCUT2D eigenvalue weighted by molar-refractivity contribution is 0.682. The van der Waals surface area contributed by atoms with Crippen molar-refractivity contribution in [2.75, 3.05) is 5.73 Å². The van der Waals surface area contributed by atoms with Crippen LogP contribution < -0.4 is 5.73 Å². The van der Waals surface area contributed by atoms with Crippen LogP contribution in [0.2, 0.25) is 5.02 Å². The lowest BCUT2D eigenvalue weighted by Gasteiger charge is -2.05. The summed E-state index contributed by atoms with van der Waals surface area (Å²) in [5.41, 5.74) is 8.49. The molecule has 2 nitrogen and oxygen atoms in total. The number of rotatable bonds is 4. The van der Waals surface area contributed by atoms with E-state index >= 15 is 0 Å². The minimum absolute atomic E-state index is 0.451. The van der Waals surface area contributed by atoms with Crippen molar-refractivity contribution in [2.24, 2.45) is 0 Å². The van der Waals surface area contributed by atoms with Gasteiger partial charge in [-0.05, 0) is 35.7 Å². The number of hydrogen-bond donors (Lipinski definition) is 1. The molecule has 4 heteroatoms. The molecule has 2 aromatic rings. The van der Waals surface area contributed by atoms with Gasteiger partial charge in [0.25, 0.3) is 0 Å². The molecule has 0 bridgehead atoms. The molecule has 0 aromatic heterocycles. The summed E-state index contributed by atoms with van der Waals surface area (Å²) in [7, 11) is -1.10. The quantitative estimate of drug-likeness (QED) is 0.872. The Morgan fingerprint density at radius 2 is 1.74 bits per heavy atom. The Kier molecular flexibility index (Phi) is 4.61. The molecule has 0 aliphatic rings. The number of aryl methyl sites for hydroxylation is 1. The highest BCUT2D eigenvalue weighted by Crippen LogP contribution is 2.23. The molecular formula is C15H16ClNOS. The van der Waals surface area contributed by atoms with Crippen LogP contribution >= 0.6 is 11.6 Å². The maximum Gasteiger partial charge on any atom is 0.0647 e. The summed E-state index contributed by atoms with van der Waals surface area (Å²) in [5, 5.41) is 0.451. The molecule has 100 valence electrons. The predicted octanol–water partition coefficient (Wildman–Crippen LogP) is 3.79. The SMILES string of the molecule is CCc1ccc(CS(=O)c2ccc(N)c(Cl)c2)cc1. The summed E-state index contributed by atoms with van der Waals surface area (Å²) >= 11 is 5.94. The van der Waals surface area contributed by atoms with Gasteiger partial charge >= 0.3 is 0 Å². The van der Waals surface area contributed by atoms with Gasteiger partial charge in [-0.3, -0.25) is 4.21 Å². The Bertz CT molecular complexity index is 596. The number of halogens is 1. The van der Waals surface area contributed by atoms with Crippen LogP contribution in [-0.4, -0.2) is 4.21 Å². The standard InChI is InChI=1S/C15H16ClNOS/c1-2-11-3-5-12(6-4-11)10-19(18)13-7-8-15(17)14(16)9-13/h3-9H,2,10,17H2,1H3. The number of anilines is 1. The first-order valence-electron chi connectivity index (χ1n) is 6.11. The molecule has 1 atom stereocenters. The molecule has 0 amide bonds. The molecule has 0 saturated carbocycles. The van der Waals surface area contributed by atoms with Gasteiger partial charge in [0.05, 0.1) is 27.3 Å². The second-order valence-electron chi connectivity index (χ2n) is 4.34. The van der Waals surface area contributed by atoms with Crippen molar-refractivity contribution in [1.29, 1.82) is 0 Å². The summed E-state index contributed by atoms with van der Waals surface area (Å²) in [6, 6.07) is 13.3. The average molecular weight is 294 g/mol. The largest absolute Gasteiger partial charge is 0.398 e. The Labute approximate surface area is 121 Å². The molecule has 2 rings (SSSR count). The van der Waals surface area contributed by atoms with Crippen LogP contribution in [0.15, 0.2) is 47.4 Å². The van der Waals surface area contributed by atoms with Crippen molar-refractivity contribution in [3.63, 3.8) is 0 Å². The summed E-state index contributed by atoms with van der Waals surface area (Å²) in [5.74, 6) is 0.490. The molecule has 2 N–H and O–H groups in total. The minimum atomic E-state index is -1.10. The van der Waals surface area contributed by atoms with Gasteiger partial charge in [-0.15, -0.1) is 0 Å². The molecule has 0 heterocycles. The second kappa shape index (κ2) is 6.22. The van der Waals surface area contributed by atoms with Crippen LogP contribution in [0, 0.1) is 0 Å². The van der Waals surface area contributed by atoms with Crippen molar-refractivity contribution >= 4 is 28.1 Å². The summed E-state index contributed by atoms with van der Waals surface area (Å²) in [6.07, 6.45) is 1.01. The number of nitrogen functional groups attached to an aromatic ring is 1. The van der Waals surface area contributed by atoms with Gasteiger partial charge in [0.15, 0.2) is 0 Å². The molecule has 0 spiro atoms. The van der Waals surface area contributed by atoms with Gasteiger partial charge in [0, 0.05) is 4.90 Å². The molecule has 1 unspecified atom stereocenters. The van der Waals surface area contributed by atoms with E-state index in [4.69, 9.17) is 17.3 Å². The zero-order chi connectivity index (χ0) is 13.8. The highest BCUT2D eigenvalue weighted by Gasteiger charge is 2.07. The van der Waals surface area contributed by atoms with E-state index in [0.717, 1.165) is 12.0 Å². The first-order chi connectivity index (χ1) is 9.10. The molecule has 0 aliphatic carbocycles. The van der Waals surface area contributed by atoms with E-state index in [2.05, 4.69) is 19.1 Å². The molecule has 0 saturated heterocycles. The molecule has 19 heavy (non-hydrogen) atoms. The number of hydrogen-bond acceptors (Lipinski definition) is 2. The molecule has 2 aromatic carbocycles. The maximum absolute atomic E-state index is 12.2. The lowest BCUT2D eigenvalue weighted by Crippen LogP contribution is -1.98. The topological polar surface area (TPSA) is 43.1 Å². The highest BCUT2D eigenvalue weighted by molar-refractivity contribution is 7.84. The average Bonchev–Trinajstić information content (AvgIpc) is 2.42. The normalized spacial score (nSPS) is 12.3. The molecule has 0 fully saturated rings. The first-order valence-corrected chi connectivity index (χ1v) is 7.81. The van der Waals surface area contributed by atoms with Gasteiger partial charge < -0.3 is 5.73 Å². The predicted molar refractivity (Wildman–Crippen MR) is 81.8 cm³/mol. The smallest absolute Gasteiger partial charge is 0.0647 e. The van der Waals surface area contributed by atoms with Crippen molar-refractivity contribution in [2.45, 2.75) is 24.0 Å². The van der Waals surface area contributed by atoms with Crippen molar-refractivity contribution in [3.05, 3.63) is 58.6 Å². The van der Waals surface area contributed by atoms with Crippen LogP contribution in [0.4, 0.5) is 5.69 Å². The third-order valence-corrected chi connectivity index (χ3v) is 4.67. The third kappa shape index (κ3) is 3.58. The molecule has 0 radical (unpaired) electrons. The Hall–Kier alpha value is -1.32. The molecular weight excluding hydrogens is 278 g/mol. The third-order valence-electron chi connectivity index (χ3n) is 2.96. The monoisotopic (exact) mass is 293 g/mol. The number of nitrogens with two attached hydrogens (primary N) is 1. The Morgan fingerprint density at radius 3 is 2.32 bits per heavy atom. The van der Waals surface area contributed by atoms with Crippen molar-refractivity contribution in [3.8, 4) is 0 Å². The fourth-order valence-electron chi connectivity index (χ4n) is 1.76. The number of benzene rings is 2. The zero-order valence-electron chi connectivity index (χ0n) is 10.7. The van der Waals surface area contributed by atoms with Gasteiger partial charge in [0.1, 0.15) is 0 Å². The van der Waals surface area contributed by atoms with Gasteiger partial charge in [-0.2, -0.15) is 0 Å². The van der Waals surface area contributed by atoms with E-state index in [-0.39, 0.29) is 0 Å². The van der Waals surface area contributed by atoms with E-state index in [0.29, 0.717) is 21.4 Å². The summed E-state index contributed by atoms with van der Waals surface area (Å²) < 4.78 is 12.2. The van der Waals surface area contributed by atoms with E-state index in [9.17, 15) is 4.21 Å². The van der Waals surface area contributed by atoms with Gasteiger partial charge in [-0.1, -0.05) is 42.8 Å². The van der Waals surface area contributed by atoms with Gasteiger partial charge in [0.2, 0.25) is 0 Å². The van der Waals surface area contributed by atoms with Crippen LogP contribution in [0.25, 0.3) is 0 Å². The van der Waals surface area contributed by atoms with Crippen LogP contribution in [0.1, 0.15) is 18.1 Å². The van der Waals surface area contributed by atoms with E-state index in [1.165, 1.54) is 5.56 Å². The summed E-state index contributed by atoms with van der Waals surface area (Å²) in [4.78, 5) is 0.707.